The first-order chi connectivity index (χ1) is 14.5. The molecule has 0 saturated carbocycles. The quantitative estimate of drug-likeness (QED) is 0.451. The summed E-state index contributed by atoms with van der Waals surface area (Å²) in [6.45, 7) is 1.10. The van der Waals surface area contributed by atoms with Crippen molar-refractivity contribution < 1.29 is 32.2 Å². The molecule has 0 aliphatic carbocycles. The van der Waals surface area contributed by atoms with Crippen LogP contribution in [0.1, 0.15) is 11.3 Å². The van der Waals surface area contributed by atoms with E-state index in [4.69, 9.17) is 0 Å². The predicted octanol–water partition coefficient (Wildman–Crippen LogP) is 2.13. The Kier molecular flexibility index (Phi) is 6.20. The van der Waals surface area contributed by atoms with Gasteiger partial charge < -0.3 is 15.3 Å². The fourth-order valence-electron chi connectivity index (χ4n) is 2.77. The third-order valence-electron chi connectivity index (χ3n) is 4.54. The minimum atomic E-state index is -4.67. The van der Waals surface area contributed by atoms with Gasteiger partial charge in [-0.25, -0.2) is 16.8 Å². The third-order valence-corrected chi connectivity index (χ3v) is 8.85. The van der Waals surface area contributed by atoms with Crippen LogP contribution >= 0.6 is 0 Å². The van der Waals surface area contributed by atoms with E-state index < -0.39 is 47.9 Å². The molecular weight excluding hydrogens is 444 g/mol. The first-order valence-corrected chi connectivity index (χ1v) is 11.9. The molecular formula is C20H20N2O7S2. The van der Waals surface area contributed by atoms with Gasteiger partial charge in [0.25, 0.3) is 20.0 Å². The van der Waals surface area contributed by atoms with E-state index in [1.54, 1.807) is 25.1 Å². The number of hydrogen-bond donors (Lipinski definition) is 3. The largest absolute Gasteiger partial charge is 0.508 e. The standard InChI is InChI=1S/C20H20N2O7S2/c1-14-5-6-16(12-19(14)24)30(26,27)22(11-9-15-4-2-3-10-21-15)31(28,29)17-7-8-18(23)20(25)13-17/h2-8,10,12-13,23-25H,9,11H2,1H3. The van der Waals surface area contributed by atoms with Crippen molar-refractivity contribution in [2.45, 2.75) is 23.1 Å². The molecule has 0 radical (unpaired) electrons. The van der Waals surface area contributed by atoms with E-state index in [9.17, 15) is 32.2 Å². The molecule has 0 saturated heterocycles. The number of aromatic hydroxyl groups is 3. The highest BCUT2D eigenvalue weighted by molar-refractivity contribution is 8.04. The van der Waals surface area contributed by atoms with Gasteiger partial charge >= 0.3 is 0 Å². The predicted molar refractivity (Wildman–Crippen MR) is 112 cm³/mol. The van der Waals surface area contributed by atoms with Crippen molar-refractivity contribution >= 4 is 20.0 Å². The number of pyridine rings is 1. The highest BCUT2D eigenvalue weighted by atomic mass is 32.3. The van der Waals surface area contributed by atoms with Crippen LogP contribution in [-0.2, 0) is 26.5 Å². The fraction of sp³-hybridized carbons (Fsp3) is 0.150. The summed E-state index contributed by atoms with van der Waals surface area (Å²) in [6.07, 6.45) is 1.49. The Morgan fingerprint density at radius 3 is 1.97 bits per heavy atom. The van der Waals surface area contributed by atoms with Gasteiger partial charge in [0.1, 0.15) is 5.75 Å². The Bertz CT molecular complexity index is 1230. The average molecular weight is 465 g/mol. The summed E-state index contributed by atoms with van der Waals surface area (Å²) >= 11 is 0. The van der Waals surface area contributed by atoms with E-state index in [2.05, 4.69) is 4.98 Å². The van der Waals surface area contributed by atoms with Crippen LogP contribution in [0.15, 0.2) is 70.6 Å². The van der Waals surface area contributed by atoms with Crippen LogP contribution in [0.25, 0.3) is 0 Å². The Hall–Kier alpha value is -3.15. The molecule has 164 valence electrons. The van der Waals surface area contributed by atoms with Crippen LogP contribution in [0.4, 0.5) is 0 Å². The van der Waals surface area contributed by atoms with Crippen molar-refractivity contribution in [2.75, 3.05) is 6.54 Å². The molecule has 3 aromatic rings. The number of aromatic nitrogens is 1. The lowest BCUT2D eigenvalue weighted by Crippen LogP contribution is -2.38. The number of sulfonamides is 2. The van der Waals surface area contributed by atoms with Crippen molar-refractivity contribution in [1.82, 2.24) is 8.69 Å². The van der Waals surface area contributed by atoms with Crippen molar-refractivity contribution in [3.63, 3.8) is 0 Å². The normalized spacial score (nSPS) is 12.2. The summed E-state index contributed by atoms with van der Waals surface area (Å²) in [5, 5.41) is 29.1. The van der Waals surface area contributed by atoms with Gasteiger partial charge in [-0.3, -0.25) is 4.98 Å². The van der Waals surface area contributed by atoms with E-state index in [1.807, 2.05) is 0 Å². The van der Waals surface area contributed by atoms with Crippen LogP contribution in [0.2, 0.25) is 0 Å². The second-order valence-corrected chi connectivity index (χ2v) is 10.6. The van der Waals surface area contributed by atoms with E-state index >= 15 is 0 Å². The van der Waals surface area contributed by atoms with Gasteiger partial charge in [-0.2, -0.15) is 0 Å². The van der Waals surface area contributed by atoms with Gasteiger partial charge in [-0.1, -0.05) is 15.8 Å². The summed E-state index contributed by atoms with van der Waals surface area (Å²) < 4.78 is 53.4. The van der Waals surface area contributed by atoms with Gasteiger partial charge in [0, 0.05) is 37.0 Å². The molecule has 0 fully saturated rings. The number of rotatable bonds is 7. The molecule has 1 heterocycles. The molecule has 0 unspecified atom stereocenters. The zero-order valence-corrected chi connectivity index (χ0v) is 18.0. The van der Waals surface area contributed by atoms with E-state index in [-0.39, 0.29) is 12.2 Å². The molecule has 0 aliphatic heterocycles. The molecule has 0 bridgehead atoms. The number of phenols is 3. The maximum atomic E-state index is 13.3. The number of hydrogen-bond acceptors (Lipinski definition) is 8. The lowest BCUT2D eigenvalue weighted by Gasteiger charge is -2.22. The molecule has 2 aromatic carbocycles. The van der Waals surface area contributed by atoms with Crippen molar-refractivity contribution in [3.8, 4) is 17.2 Å². The Labute approximate surface area is 180 Å². The van der Waals surface area contributed by atoms with E-state index in [1.165, 1.54) is 18.3 Å². The number of benzene rings is 2. The minimum Gasteiger partial charge on any atom is -0.508 e. The van der Waals surface area contributed by atoms with E-state index in [0.717, 1.165) is 24.3 Å². The molecule has 3 rings (SSSR count). The SMILES string of the molecule is Cc1ccc(S(=O)(=O)N(CCc2ccccn2)S(=O)(=O)c2ccc(O)c(O)c2)cc1O. The Morgan fingerprint density at radius 1 is 0.806 bits per heavy atom. The van der Waals surface area contributed by atoms with Crippen LogP contribution in [-0.4, -0.2) is 47.4 Å². The lowest BCUT2D eigenvalue weighted by molar-refractivity contribution is 0.402. The fourth-order valence-corrected chi connectivity index (χ4v) is 6.45. The Balaban J connectivity index is 2.11. The molecule has 0 amide bonds. The summed E-state index contributed by atoms with van der Waals surface area (Å²) in [7, 11) is -9.30. The van der Waals surface area contributed by atoms with Gasteiger partial charge in [0.2, 0.25) is 0 Å². The Morgan fingerprint density at radius 2 is 1.42 bits per heavy atom. The monoisotopic (exact) mass is 464 g/mol. The second kappa shape index (κ2) is 8.53. The maximum Gasteiger partial charge on any atom is 0.256 e. The summed E-state index contributed by atoms with van der Waals surface area (Å²) in [5.74, 6) is -1.56. The molecule has 0 atom stereocenters. The molecule has 11 heteroatoms. The van der Waals surface area contributed by atoms with Crippen LogP contribution in [0.5, 0.6) is 17.2 Å². The molecule has 1 aromatic heterocycles. The van der Waals surface area contributed by atoms with Crippen molar-refractivity contribution in [3.05, 3.63) is 72.1 Å². The summed E-state index contributed by atoms with van der Waals surface area (Å²) in [6, 6.07) is 11.2. The first kappa shape index (κ1) is 22.5. The molecule has 0 aliphatic rings. The highest BCUT2D eigenvalue weighted by Gasteiger charge is 2.37. The topological polar surface area (TPSA) is 145 Å². The average Bonchev–Trinajstić information content (AvgIpc) is 2.72. The summed E-state index contributed by atoms with van der Waals surface area (Å²) in [4.78, 5) is 3.14. The van der Waals surface area contributed by atoms with Crippen LogP contribution < -0.4 is 0 Å². The number of aryl methyl sites for hydroxylation is 1. The van der Waals surface area contributed by atoms with Crippen molar-refractivity contribution in [1.29, 1.82) is 0 Å². The minimum absolute atomic E-state index is 0.0127. The maximum absolute atomic E-state index is 13.3. The van der Waals surface area contributed by atoms with Gasteiger partial charge in [0.15, 0.2) is 11.5 Å². The molecule has 31 heavy (non-hydrogen) atoms. The van der Waals surface area contributed by atoms with Gasteiger partial charge in [-0.15, -0.1) is 0 Å². The van der Waals surface area contributed by atoms with Crippen molar-refractivity contribution in [2.24, 2.45) is 0 Å². The molecule has 0 spiro atoms. The zero-order valence-electron chi connectivity index (χ0n) is 16.4. The number of nitrogens with zero attached hydrogens (tertiary/aromatic N) is 2. The van der Waals surface area contributed by atoms with Crippen LogP contribution in [0.3, 0.4) is 0 Å². The number of phenolic OH excluding ortho intramolecular Hbond substituents is 3. The third kappa shape index (κ3) is 4.63. The lowest BCUT2D eigenvalue weighted by atomic mass is 10.2. The highest BCUT2D eigenvalue weighted by Crippen LogP contribution is 2.32. The van der Waals surface area contributed by atoms with Crippen LogP contribution in [0, 0.1) is 6.92 Å². The second-order valence-electron chi connectivity index (χ2n) is 6.68. The van der Waals surface area contributed by atoms with Gasteiger partial charge in [0.05, 0.1) is 9.79 Å². The first-order valence-electron chi connectivity index (χ1n) is 9.03. The molecule has 9 nitrogen and oxygen atoms in total. The van der Waals surface area contributed by atoms with E-state index in [0.29, 0.717) is 15.0 Å². The molecule has 3 N–H and O–H groups in total. The zero-order chi connectivity index (χ0) is 22.8. The van der Waals surface area contributed by atoms with Gasteiger partial charge in [-0.05, 0) is 42.8 Å². The smallest absolute Gasteiger partial charge is 0.256 e. The summed E-state index contributed by atoms with van der Waals surface area (Å²) in [5.41, 5.74) is 0.892.